The van der Waals surface area contributed by atoms with Crippen molar-refractivity contribution in [3.8, 4) is 0 Å². The second-order valence-corrected chi connectivity index (χ2v) is 4.48. The molecule has 1 saturated heterocycles. The van der Waals surface area contributed by atoms with E-state index in [1.807, 2.05) is 18.7 Å². The number of nitrogens with two attached hydrogens (primary N) is 1. The van der Waals surface area contributed by atoms with Crippen molar-refractivity contribution in [2.75, 3.05) is 13.1 Å². The third kappa shape index (κ3) is 2.87. The highest BCUT2D eigenvalue weighted by molar-refractivity contribution is 5.74. The van der Waals surface area contributed by atoms with Crippen LogP contribution in [0.25, 0.3) is 0 Å². The van der Waals surface area contributed by atoms with Gasteiger partial charge in [-0.15, -0.1) is 0 Å². The highest BCUT2D eigenvalue weighted by Crippen LogP contribution is 2.14. The molecule has 3 N–H and O–H groups in total. The third-order valence-corrected chi connectivity index (χ3v) is 2.67. The Morgan fingerprint density at radius 3 is 2.71 bits per heavy atom. The minimum atomic E-state index is 0.0405. The molecule has 1 fully saturated rings. The van der Waals surface area contributed by atoms with Crippen LogP contribution >= 0.6 is 0 Å². The Kier molecular flexibility index (Phi) is 3.75. The van der Waals surface area contributed by atoms with Gasteiger partial charge in [0.2, 0.25) is 0 Å². The summed E-state index contributed by atoms with van der Waals surface area (Å²) in [7, 11) is 0. The molecule has 1 heterocycles. The van der Waals surface area contributed by atoms with E-state index in [2.05, 4.69) is 12.2 Å². The molecule has 0 saturated carbocycles. The van der Waals surface area contributed by atoms with Crippen LogP contribution in [0, 0.1) is 5.92 Å². The van der Waals surface area contributed by atoms with Crippen LogP contribution in [0.2, 0.25) is 0 Å². The van der Waals surface area contributed by atoms with Crippen molar-refractivity contribution < 1.29 is 4.79 Å². The topological polar surface area (TPSA) is 58.4 Å². The third-order valence-electron chi connectivity index (χ3n) is 2.67. The lowest BCUT2D eigenvalue weighted by Gasteiger charge is -2.35. The Balaban J connectivity index is 2.42. The van der Waals surface area contributed by atoms with Gasteiger partial charge >= 0.3 is 6.03 Å². The van der Waals surface area contributed by atoms with Crippen LogP contribution in [0.1, 0.15) is 27.2 Å². The number of likely N-dealkylation sites (tertiary alicyclic amines) is 1. The number of carbonyl (C=O) groups is 1. The van der Waals surface area contributed by atoms with Crippen molar-refractivity contribution in [1.29, 1.82) is 0 Å². The normalized spacial score (nSPS) is 27.9. The maximum Gasteiger partial charge on any atom is 0.317 e. The average Bonchev–Trinajstić information content (AvgIpc) is 2.08. The molecule has 0 aliphatic carbocycles. The van der Waals surface area contributed by atoms with Crippen LogP contribution in [-0.2, 0) is 0 Å². The van der Waals surface area contributed by atoms with E-state index >= 15 is 0 Å². The molecule has 2 amide bonds. The van der Waals surface area contributed by atoms with Gasteiger partial charge in [0.25, 0.3) is 0 Å². The summed E-state index contributed by atoms with van der Waals surface area (Å²) in [5, 5.41) is 2.89. The van der Waals surface area contributed by atoms with Crippen LogP contribution in [0.4, 0.5) is 4.79 Å². The molecule has 2 unspecified atom stereocenters. The standard InChI is InChI=1S/C10H21N3O/c1-7(2)12-10(14)13-5-4-9(11)8(3)6-13/h7-9H,4-6,11H2,1-3H3,(H,12,14). The Morgan fingerprint density at radius 2 is 2.21 bits per heavy atom. The van der Waals surface area contributed by atoms with E-state index in [1.54, 1.807) is 0 Å². The number of rotatable bonds is 1. The first-order valence-electron chi connectivity index (χ1n) is 5.31. The number of piperidine rings is 1. The first kappa shape index (κ1) is 11.3. The molecule has 82 valence electrons. The molecule has 0 bridgehead atoms. The number of amides is 2. The molecule has 0 aromatic heterocycles. The fourth-order valence-electron chi connectivity index (χ4n) is 1.69. The molecule has 1 aliphatic rings. The van der Waals surface area contributed by atoms with E-state index < -0.39 is 0 Å². The second-order valence-electron chi connectivity index (χ2n) is 4.48. The number of nitrogens with one attached hydrogen (secondary N) is 1. The highest BCUT2D eigenvalue weighted by atomic mass is 16.2. The minimum absolute atomic E-state index is 0.0405. The second kappa shape index (κ2) is 4.64. The summed E-state index contributed by atoms with van der Waals surface area (Å²) >= 11 is 0. The quantitative estimate of drug-likeness (QED) is 0.655. The van der Waals surface area contributed by atoms with Gasteiger partial charge in [-0.2, -0.15) is 0 Å². The van der Waals surface area contributed by atoms with Gasteiger partial charge in [0.05, 0.1) is 0 Å². The molecule has 4 nitrogen and oxygen atoms in total. The lowest BCUT2D eigenvalue weighted by atomic mass is 9.95. The molecule has 4 heteroatoms. The van der Waals surface area contributed by atoms with Gasteiger partial charge in [0.1, 0.15) is 0 Å². The van der Waals surface area contributed by atoms with Crippen LogP contribution in [0.3, 0.4) is 0 Å². The number of carbonyl (C=O) groups excluding carboxylic acids is 1. The Labute approximate surface area is 85.8 Å². The van der Waals surface area contributed by atoms with Crippen LogP contribution in [0.15, 0.2) is 0 Å². The van der Waals surface area contributed by atoms with Crippen molar-refractivity contribution in [3.63, 3.8) is 0 Å². The summed E-state index contributed by atoms with van der Waals surface area (Å²) in [6.45, 7) is 7.59. The van der Waals surface area contributed by atoms with Crippen molar-refractivity contribution in [2.24, 2.45) is 11.7 Å². The first-order chi connectivity index (χ1) is 6.50. The van der Waals surface area contributed by atoms with E-state index in [0.29, 0.717) is 5.92 Å². The van der Waals surface area contributed by atoms with Crippen molar-refractivity contribution in [2.45, 2.75) is 39.3 Å². The lowest BCUT2D eigenvalue weighted by molar-refractivity contribution is 0.158. The Hall–Kier alpha value is -0.770. The molecule has 0 spiro atoms. The SMILES string of the molecule is CC(C)NC(=O)N1CCC(N)C(C)C1. The monoisotopic (exact) mass is 199 g/mol. The molecule has 0 radical (unpaired) electrons. The van der Waals surface area contributed by atoms with Gasteiger partial charge in [-0.1, -0.05) is 6.92 Å². The van der Waals surface area contributed by atoms with E-state index in [0.717, 1.165) is 19.5 Å². The zero-order valence-electron chi connectivity index (χ0n) is 9.29. The number of hydrogen-bond donors (Lipinski definition) is 2. The summed E-state index contributed by atoms with van der Waals surface area (Å²) < 4.78 is 0. The van der Waals surface area contributed by atoms with Crippen LogP contribution < -0.4 is 11.1 Å². The zero-order chi connectivity index (χ0) is 10.7. The van der Waals surface area contributed by atoms with Gasteiger partial charge in [-0.25, -0.2) is 4.79 Å². The fourth-order valence-corrected chi connectivity index (χ4v) is 1.69. The van der Waals surface area contributed by atoms with Crippen LogP contribution in [0.5, 0.6) is 0 Å². The zero-order valence-corrected chi connectivity index (χ0v) is 9.29. The summed E-state index contributed by atoms with van der Waals surface area (Å²) in [5.41, 5.74) is 5.88. The molecule has 2 atom stereocenters. The molecule has 1 rings (SSSR count). The van der Waals surface area contributed by atoms with Crippen molar-refractivity contribution >= 4 is 6.03 Å². The molecular weight excluding hydrogens is 178 g/mol. The van der Waals surface area contributed by atoms with E-state index in [-0.39, 0.29) is 18.1 Å². The molecule has 1 aliphatic heterocycles. The summed E-state index contributed by atoms with van der Waals surface area (Å²) in [6.07, 6.45) is 0.909. The fraction of sp³-hybridized carbons (Fsp3) is 0.900. The summed E-state index contributed by atoms with van der Waals surface area (Å²) in [5.74, 6) is 0.404. The average molecular weight is 199 g/mol. The molecule has 0 aromatic rings. The van der Waals surface area contributed by atoms with Crippen molar-refractivity contribution in [1.82, 2.24) is 10.2 Å². The first-order valence-corrected chi connectivity index (χ1v) is 5.31. The van der Waals surface area contributed by atoms with E-state index in [4.69, 9.17) is 5.73 Å². The largest absolute Gasteiger partial charge is 0.336 e. The summed E-state index contributed by atoms with van der Waals surface area (Å²) in [6, 6.07) is 0.491. The van der Waals surface area contributed by atoms with E-state index in [1.165, 1.54) is 0 Å². The van der Waals surface area contributed by atoms with Gasteiger partial charge < -0.3 is 16.0 Å². The Morgan fingerprint density at radius 1 is 1.57 bits per heavy atom. The molecule has 0 aromatic carbocycles. The van der Waals surface area contributed by atoms with Gasteiger partial charge in [-0.05, 0) is 26.2 Å². The van der Waals surface area contributed by atoms with E-state index in [9.17, 15) is 4.79 Å². The van der Waals surface area contributed by atoms with Crippen molar-refractivity contribution in [3.05, 3.63) is 0 Å². The van der Waals surface area contributed by atoms with Gasteiger partial charge in [-0.3, -0.25) is 0 Å². The van der Waals surface area contributed by atoms with Gasteiger partial charge in [0, 0.05) is 25.2 Å². The number of hydrogen-bond acceptors (Lipinski definition) is 2. The summed E-state index contributed by atoms with van der Waals surface area (Å²) in [4.78, 5) is 13.5. The maximum atomic E-state index is 11.6. The maximum absolute atomic E-state index is 11.6. The minimum Gasteiger partial charge on any atom is -0.336 e. The lowest BCUT2D eigenvalue weighted by Crippen LogP contribution is -2.52. The number of urea groups is 1. The Bertz CT molecular complexity index is 206. The predicted octanol–water partition coefficient (Wildman–Crippen LogP) is 0.773. The predicted molar refractivity (Wildman–Crippen MR) is 57.0 cm³/mol. The number of nitrogens with zero attached hydrogens (tertiary/aromatic N) is 1. The molecular formula is C10H21N3O. The highest BCUT2D eigenvalue weighted by Gasteiger charge is 2.26. The van der Waals surface area contributed by atoms with Gasteiger partial charge in [0.15, 0.2) is 0 Å². The smallest absolute Gasteiger partial charge is 0.317 e. The van der Waals surface area contributed by atoms with Crippen LogP contribution in [-0.4, -0.2) is 36.1 Å². The molecule has 14 heavy (non-hydrogen) atoms.